The molecule has 4 nitrogen and oxygen atoms in total. The van der Waals surface area contributed by atoms with Crippen LogP contribution >= 0.6 is 15.9 Å². The van der Waals surface area contributed by atoms with Gasteiger partial charge in [-0.1, -0.05) is 24.3 Å². The van der Waals surface area contributed by atoms with E-state index in [1.165, 1.54) is 0 Å². The van der Waals surface area contributed by atoms with E-state index in [2.05, 4.69) is 21.0 Å². The van der Waals surface area contributed by atoms with Crippen LogP contribution in [-0.4, -0.2) is 9.78 Å². The van der Waals surface area contributed by atoms with Crippen LogP contribution < -0.4 is 10.5 Å². The van der Waals surface area contributed by atoms with E-state index in [4.69, 9.17) is 10.5 Å². The normalized spacial score (nSPS) is 10.9. The first kappa shape index (κ1) is 13.0. The summed E-state index contributed by atoms with van der Waals surface area (Å²) in [4.78, 5) is 0. The van der Waals surface area contributed by atoms with Gasteiger partial charge in [0.2, 0.25) is 0 Å². The molecule has 0 amide bonds. The summed E-state index contributed by atoms with van der Waals surface area (Å²) in [6, 6.07) is 13.7. The monoisotopic (exact) mass is 331 g/mol. The van der Waals surface area contributed by atoms with E-state index in [0.717, 1.165) is 21.1 Å². The molecule has 0 saturated heterocycles. The maximum absolute atomic E-state index is 5.92. The van der Waals surface area contributed by atoms with Gasteiger partial charge in [0, 0.05) is 12.4 Å². The van der Waals surface area contributed by atoms with Gasteiger partial charge in [0.05, 0.1) is 15.7 Å². The lowest BCUT2D eigenvalue weighted by atomic mass is 10.2. The van der Waals surface area contributed by atoms with E-state index in [-0.39, 0.29) is 0 Å². The number of hydrogen-bond donors (Lipinski definition) is 1. The van der Waals surface area contributed by atoms with Crippen LogP contribution in [0.15, 0.2) is 46.9 Å². The number of hydrogen-bond acceptors (Lipinski definition) is 3. The van der Waals surface area contributed by atoms with E-state index < -0.39 is 0 Å². The Morgan fingerprint density at radius 2 is 2.00 bits per heavy atom. The Morgan fingerprint density at radius 1 is 1.20 bits per heavy atom. The van der Waals surface area contributed by atoms with Gasteiger partial charge in [0.25, 0.3) is 0 Å². The molecule has 0 spiro atoms. The highest BCUT2D eigenvalue weighted by atomic mass is 79.9. The first-order valence-electron chi connectivity index (χ1n) is 6.24. The molecular formula is C15H14BrN3O. The number of ether oxygens (including phenoxy) is 1. The van der Waals surface area contributed by atoms with E-state index >= 15 is 0 Å². The van der Waals surface area contributed by atoms with Crippen molar-refractivity contribution in [2.75, 3.05) is 5.73 Å². The van der Waals surface area contributed by atoms with Crippen LogP contribution in [-0.2, 0) is 13.7 Å². The summed E-state index contributed by atoms with van der Waals surface area (Å²) in [5.41, 5.74) is 8.52. The first-order valence-corrected chi connectivity index (χ1v) is 7.03. The highest BCUT2D eigenvalue weighted by molar-refractivity contribution is 9.10. The van der Waals surface area contributed by atoms with E-state index in [9.17, 15) is 0 Å². The zero-order chi connectivity index (χ0) is 14.1. The van der Waals surface area contributed by atoms with Crippen molar-refractivity contribution in [2.45, 2.75) is 6.61 Å². The molecule has 0 aliphatic carbocycles. The first-order chi connectivity index (χ1) is 9.66. The maximum atomic E-state index is 5.92. The lowest BCUT2D eigenvalue weighted by Gasteiger charge is -2.09. The fourth-order valence-electron chi connectivity index (χ4n) is 2.21. The van der Waals surface area contributed by atoms with Gasteiger partial charge in [0.1, 0.15) is 12.3 Å². The standard InChI is InChI=1S/C15H14BrN3O/c1-19-14-8-3-2-5-10(14)13(18-19)9-20-15-11(16)6-4-7-12(15)17/h2-8H,9,17H2,1H3. The van der Waals surface area contributed by atoms with E-state index in [1.807, 2.05) is 54.2 Å². The average Bonchev–Trinajstić information content (AvgIpc) is 2.76. The summed E-state index contributed by atoms with van der Waals surface area (Å²) in [7, 11) is 1.93. The maximum Gasteiger partial charge on any atom is 0.156 e. The molecule has 2 N–H and O–H groups in total. The summed E-state index contributed by atoms with van der Waals surface area (Å²) < 4.78 is 8.53. The quantitative estimate of drug-likeness (QED) is 0.747. The molecular weight excluding hydrogens is 318 g/mol. The number of nitrogens with zero attached hydrogens (tertiary/aromatic N) is 2. The van der Waals surface area contributed by atoms with Crippen LogP contribution in [0.3, 0.4) is 0 Å². The molecule has 0 atom stereocenters. The van der Waals surface area contributed by atoms with Gasteiger partial charge in [-0.15, -0.1) is 0 Å². The topological polar surface area (TPSA) is 53.1 Å². The second-order valence-electron chi connectivity index (χ2n) is 4.53. The SMILES string of the molecule is Cn1nc(COc2c(N)cccc2Br)c2ccccc21. The van der Waals surface area contributed by atoms with Crippen molar-refractivity contribution in [1.29, 1.82) is 0 Å². The Bertz CT molecular complexity index is 747. The summed E-state index contributed by atoms with van der Waals surface area (Å²) in [6.07, 6.45) is 0. The second-order valence-corrected chi connectivity index (χ2v) is 5.39. The zero-order valence-electron chi connectivity index (χ0n) is 11.0. The van der Waals surface area contributed by atoms with Crippen LogP contribution in [0.4, 0.5) is 5.69 Å². The molecule has 0 bridgehead atoms. The number of nitrogens with two attached hydrogens (primary N) is 1. The van der Waals surface area contributed by atoms with Gasteiger partial charge in [-0.25, -0.2) is 0 Å². The molecule has 102 valence electrons. The second kappa shape index (κ2) is 5.17. The zero-order valence-corrected chi connectivity index (χ0v) is 12.6. The Kier molecular flexibility index (Phi) is 3.36. The summed E-state index contributed by atoms with van der Waals surface area (Å²) >= 11 is 3.44. The van der Waals surface area contributed by atoms with Crippen molar-refractivity contribution in [3.05, 3.63) is 52.6 Å². The minimum absolute atomic E-state index is 0.383. The highest BCUT2D eigenvalue weighted by Gasteiger charge is 2.11. The van der Waals surface area contributed by atoms with Crippen molar-refractivity contribution in [2.24, 2.45) is 7.05 Å². The molecule has 3 aromatic rings. The molecule has 5 heteroatoms. The van der Waals surface area contributed by atoms with Crippen molar-refractivity contribution < 1.29 is 4.74 Å². The van der Waals surface area contributed by atoms with Gasteiger partial charge in [0.15, 0.2) is 5.75 Å². The number of nitrogen functional groups attached to an aromatic ring is 1. The number of rotatable bonds is 3. The van der Waals surface area contributed by atoms with Gasteiger partial charge < -0.3 is 10.5 Å². The number of benzene rings is 2. The lowest BCUT2D eigenvalue weighted by molar-refractivity contribution is 0.301. The largest absolute Gasteiger partial charge is 0.484 e. The Morgan fingerprint density at radius 3 is 2.80 bits per heavy atom. The van der Waals surface area contributed by atoms with Crippen LogP contribution in [0.5, 0.6) is 5.75 Å². The third kappa shape index (κ3) is 2.25. The minimum atomic E-state index is 0.383. The predicted molar refractivity (Wildman–Crippen MR) is 83.6 cm³/mol. The molecule has 0 aliphatic rings. The number of anilines is 1. The van der Waals surface area contributed by atoms with Crippen LogP contribution in [0.25, 0.3) is 10.9 Å². The Balaban J connectivity index is 1.91. The van der Waals surface area contributed by atoms with E-state index in [0.29, 0.717) is 18.0 Å². The molecule has 3 rings (SSSR count). The van der Waals surface area contributed by atoms with Crippen molar-refractivity contribution in [1.82, 2.24) is 9.78 Å². The predicted octanol–water partition coefficient (Wildman–Crippen LogP) is 3.50. The third-order valence-corrected chi connectivity index (χ3v) is 3.81. The number of aromatic nitrogens is 2. The molecule has 2 aromatic carbocycles. The molecule has 0 aliphatic heterocycles. The third-order valence-electron chi connectivity index (χ3n) is 3.18. The van der Waals surface area contributed by atoms with Gasteiger partial charge in [-0.05, 0) is 34.1 Å². The van der Waals surface area contributed by atoms with Crippen LogP contribution in [0.1, 0.15) is 5.69 Å². The van der Waals surface area contributed by atoms with Crippen molar-refractivity contribution >= 4 is 32.5 Å². The number of aryl methyl sites for hydroxylation is 1. The average molecular weight is 332 g/mol. The van der Waals surface area contributed by atoms with Gasteiger partial charge in [-0.2, -0.15) is 5.10 Å². The number of fused-ring (bicyclic) bond motifs is 1. The fraction of sp³-hybridized carbons (Fsp3) is 0.133. The minimum Gasteiger partial charge on any atom is -0.484 e. The van der Waals surface area contributed by atoms with Gasteiger partial charge >= 0.3 is 0 Å². The van der Waals surface area contributed by atoms with Crippen LogP contribution in [0.2, 0.25) is 0 Å². The smallest absolute Gasteiger partial charge is 0.156 e. The van der Waals surface area contributed by atoms with Crippen LogP contribution in [0, 0.1) is 0 Å². The highest BCUT2D eigenvalue weighted by Crippen LogP contribution is 2.32. The number of para-hydroxylation sites is 2. The Hall–Kier alpha value is -2.01. The molecule has 0 radical (unpaired) electrons. The fourth-order valence-corrected chi connectivity index (χ4v) is 2.71. The summed E-state index contributed by atoms with van der Waals surface area (Å²) in [5.74, 6) is 0.655. The molecule has 20 heavy (non-hydrogen) atoms. The van der Waals surface area contributed by atoms with Crippen molar-refractivity contribution in [3.8, 4) is 5.75 Å². The molecule has 0 unspecified atom stereocenters. The number of halogens is 1. The molecule has 1 aromatic heterocycles. The Labute approximate surface area is 125 Å². The van der Waals surface area contributed by atoms with E-state index in [1.54, 1.807) is 0 Å². The molecule has 0 saturated carbocycles. The molecule has 0 fully saturated rings. The summed E-state index contributed by atoms with van der Waals surface area (Å²) in [6.45, 7) is 0.383. The summed E-state index contributed by atoms with van der Waals surface area (Å²) in [5, 5.41) is 5.60. The molecule has 1 heterocycles. The van der Waals surface area contributed by atoms with Gasteiger partial charge in [-0.3, -0.25) is 4.68 Å². The lowest BCUT2D eigenvalue weighted by Crippen LogP contribution is -2.01. The van der Waals surface area contributed by atoms with Crippen molar-refractivity contribution in [3.63, 3.8) is 0 Å².